The van der Waals surface area contributed by atoms with E-state index >= 15 is 0 Å². The lowest BCUT2D eigenvalue weighted by atomic mass is 10.2. The fourth-order valence-electron chi connectivity index (χ4n) is 2.13. The van der Waals surface area contributed by atoms with Crippen LogP contribution in [0.15, 0.2) is 54.6 Å². The molecule has 0 aromatic heterocycles. The van der Waals surface area contributed by atoms with Gasteiger partial charge in [0.15, 0.2) is 0 Å². The molecule has 0 saturated heterocycles. The molecule has 0 unspecified atom stereocenters. The summed E-state index contributed by atoms with van der Waals surface area (Å²) in [5.41, 5.74) is 0.602. The topological polar surface area (TPSA) is 67.4 Å². The highest BCUT2D eigenvalue weighted by molar-refractivity contribution is 6.32. The molecular formula is C19H21ClN2O3. The number of amides is 2. The number of halogens is 1. The number of rotatable bonds is 9. The van der Waals surface area contributed by atoms with Crippen LogP contribution in [0.2, 0.25) is 5.02 Å². The molecule has 0 aliphatic carbocycles. The Balaban J connectivity index is 1.54. The number of hydrogen-bond acceptors (Lipinski definition) is 3. The Hall–Kier alpha value is -2.53. The Morgan fingerprint density at radius 3 is 2.36 bits per heavy atom. The van der Waals surface area contributed by atoms with Crippen LogP contribution >= 0.6 is 11.6 Å². The molecule has 132 valence electrons. The summed E-state index contributed by atoms with van der Waals surface area (Å²) >= 11 is 5.98. The second kappa shape index (κ2) is 10.4. The van der Waals surface area contributed by atoms with Gasteiger partial charge >= 0.3 is 0 Å². The molecule has 0 aliphatic rings. The van der Waals surface area contributed by atoms with Crippen molar-refractivity contribution in [3.63, 3.8) is 0 Å². The van der Waals surface area contributed by atoms with Crippen LogP contribution in [0.25, 0.3) is 0 Å². The molecule has 0 heterocycles. The van der Waals surface area contributed by atoms with Gasteiger partial charge in [0.05, 0.1) is 11.6 Å². The summed E-state index contributed by atoms with van der Waals surface area (Å²) in [5.74, 6) is 0.396. The second-order valence-electron chi connectivity index (χ2n) is 5.35. The standard InChI is InChI=1S/C19H21ClN2O3/c20-16-9-4-5-10-17(16)25-14-6-11-18(23)21-12-13-22-19(24)15-7-2-1-3-8-15/h1-5,7-10H,6,11-14H2,(H,21,23)(H,22,24). The van der Waals surface area contributed by atoms with Crippen molar-refractivity contribution in [2.75, 3.05) is 19.7 Å². The zero-order valence-electron chi connectivity index (χ0n) is 13.8. The molecule has 0 atom stereocenters. The van der Waals surface area contributed by atoms with E-state index in [0.717, 1.165) is 0 Å². The van der Waals surface area contributed by atoms with Crippen molar-refractivity contribution in [2.45, 2.75) is 12.8 Å². The Bertz CT molecular complexity index is 692. The highest BCUT2D eigenvalue weighted by Gasteiger charge is 2.05. The average Bonchev–Trinajstić information content (AvgIpc) is 2.64. The van der Waals surface area contributed by atoms with Crippen molar-refractivity contribution in [1.29, 1.82) is 0 Å². The van der Waals surface area contributed by atoms with Crippen molar-refractivity contribution >= 4 is 23.4 Å². The van der Waals surface area contributed by atoms with Gasteiger partial charge in [-0.15, -0.1) is 0 Å². The maximum atomic E-state index is 11.8. The molecule has 0 aliphatic heterocycles. The van der Waals surface area contributed by atoms with E-state index in [9.17, 15) is 9.59 Å². The van der Waals surface area contributed by atoms with E-state index in [-0.39, 0.29) is 11.8 Å². The van der Waals surface area contributed by atoms with Crippen LogP contribution in [-0.4, -0.2) is 31.5 Å². The maximum absolute atomic E-state index is 11.8. The van der Waals surface area contributed by atoms with Crippen LogP contribution in [0.1, 0.15) is 23.2 Å². The summed E-state index contributed by atoms with van der Waals surface area (Å²) in [6, 6.07) is 16.2. The number of carbonyl (C=O) groups is 2. The lowest BCUT2D eigenvalue weighted by Gasteiger charge is -2.09. The van der Waals surface area contributed by atoms with Crippen LogP contribution < -0.4 is 15.4 Å². The van der Waals surface area contributed by atoms with E-state index in [1.165, 1.54) is 0 Å². The first-order chi connectivity index (χ1) is 12.2. The summed E-state index contributed by atoms with van der Waals surface area (Å²) in [6.45, 7) is 1.19. The zero-order chi connectivity index (χ0) is 17.9. The lowest BCUT2D eigenvalue weighted by Crippen LogP contribution is -2.34. The first-order valence-electron chi connectivity index (χ1n) is 8.14. The lowest BCUT2D eigenvalue weighted by molar-refractivity contribution is -0.121. The smallest absolute Gasteiger partial charge is 0.251 e. The summed E-state index contributed by atoms with van der Waals surface area (Å²) in [6.07, 6.45) is 0.949. The molecule has 25 heavy (non-hydrogen) atoms. The average molecular weight is 361 g/mol. The number of ether oxygens (including phenoxy) is 1. The molecule has 2 rings (SSSR count). The fraction of sp³-hybridized carbons (Fsp3) is 0.263. The van der Waals surface area contributed by atoms with Crippen LogP contribution in [-0.2, 0) is 4.79 Å². The van der Waals surface area contributed by atoms with Crippen molar-refractivity contribution in [3.05, 3.63) is 65.2 Å². The maximum Gasteiger partial charge on any atom is 0.251 e. The van der Waals surface area contributed by atoms with E-state index in [2.05, 4.69) is 10.6 Å². The highest BCUT2D eigenvalue weighted by Crippen LogP contribution is 2.23. The Kier molecular flexibility index (Phi) is 7.79. The first-order valence-corrected chi connectivity index (χ1v) is 8.52. The molecule has 0 radical (unpaired) electrons. The molecule has 2 aromatic carbocycles. The second-order valence-corrected chi connectivity index (χ2v) is 5.76. The number of hydrogen-bond donors (Lipinski definition) is 2. The Morgan fingerprint density at radius 2 is 1.60 bits per heavy atom. The van der Waals surface area contributed by atoms with Crippen molar-refractivity contribution in [2.24, 2.45) is 0 Å². The molecule has 2 aromatic rings. The van der Waals surface area contributed by atoms with Crippen LogP contribution in [0.5, 0.6) is 5.75 Å². The Morgan fingerprint density at radius 1 is 0.920 bits per heavy atom. The van der Waals surface area contributed by atoms with Crippen LogP contribution in [0, 0.1) is 0 Å². The van der Waals surface area contributed by atoms with Gasteiger partial charge in [-0.05, 0) is 30.7 Å². The molecule has 2 amide bonds. The molecule has 5 nitrogen and oxygen atoms in total. The van der Waals surface area contributed by atoms with Crippen molar-refractivity contribution in [1.82, 2.24) is 10.6 Å². The van der Waals surface area contributed by atoms with Gasteiger partial charge in [0.25, 0.3) is 5.91 Å². The van der Waals surface area contributed by atoms with Gasteiger partial charge in [0.2, 0.25) is 5.91 Å². The normalized spacial score (nSPS) is 10.1. The third kappa shape index (κ3) is 6.85. The van der Waals surface area contributed by atoms with Gasteiger partial charge in [0.1, 0.15) is 5.75 Å². The van der Waals surface area contributed by atoms with Crippen LogP contribution in [0.3, 0.4) is 0 Å². The molecular weight excluding hydrogens is 340 g/mol. The van der Waals surface area contributed by atoms with E-state index in [4.69, 9.17) is 16.3 Å². The molecule has 0 fully saturated rings. The zero-order valence-corrected chi connectivity index (χ0v) is 14.6. The van der Waals surface area contributed by atoms with E-state index in [1.807, 2.05) is 18.2 Å². The molecule has 0 bridgehead atoms. The van der Waals surface area contributed by atoms with Crippen molar-refractivity contribution < 1.29 is 14.3 Å². The summed E-state index contributed by atoms with van der Waals surface area (Å²) in [7, 11) is 0. The minimum atomic E-state index is -0.150. The summed E-state index contributed by atoms with van der Waals surface area (Å²) in [5, 5.41) is 6.08. The molecule has 0 spiro atoms. The third-order valence-electron chi connectivity index (χ3n) is 3.41. The Labute approximate surface area is 152 Å². The van der Waals surface area contributed by atoms with E-state index in [0.29, 0.717) is 48.9 Å². The van der Waals surface area contributed by atoms with E-state index in [1.54, 1.807) is 36.4 Å². The van der Waals surface area contributed by atoms with Gasteiger partial charge in [-0.2, -0.15) is 0 Å². The van der Waals surface area contributed by atoms with Crippen molar-refractivity contribution in [3.8, 4) is 5.75 Å². The minimum Gasteiger partial charge on any atom is -0.492 e. The third-order valence-corrected chi connectivity index (χ3v) is 3.72. The minimum absolute atomic E-state index is 0.0725. The largest absolute Gasteiger partial charge is 0.492 e. The van der Waals surface area contributed by atoms with Gasteiger partial charge in [0, 0.05) is 25.1 Å². The van der Waals surface area contributed by atoms with Gasteiger partial charge in [-0.1, -0.05) is 41.9 Å². The monoisotopic (exact) mass is 360 g/mol. The molecule has 0 saturated carbocycles. The quantitative estimate of drug-likeness (QED) is 0.675. The number of carbonyl (C=O) groups excluding carboxylic acids is 2. The predicted molar refractivity (Wildman–Crippen MR) is 98.0 cm³/mol. The molecule has 2 N–H and O–H groups in total. The SMILES string of the molecule is O=C(CCCOc1ccccc1Cl)NCCNC(=O)c1ccccc1. The number of para-hydroxylation sites is 1. The number of nitrogens with one attached hydrogen (secondary N) is 2. The predicted octanol–water partition coefficient (Wildman–Crippen LogP) is 3.05. The van der Waals surface area contributed by atoms with Gasteiger partial charge < -0.3 is 15.4 Å². The van der Waals surface area contributed by atoms with Gasteiger partial charge in [-0.25, -0.2) is 0 Å². The summed E-state index contributed by atoms with van der Waals surface area (Å²) in [4.78, 5) is 23.5. The number of benzene rings is 2. The van der Waals surface area contributed by atoms with Gasteiger partial charge in [-0.3, -0.25) is 9.59 Å². The first kappa shape index (κ1) is 18.8. The van der Waals surface area contributed by atoms with Crippen LogP contribution in [0.4, 0.5) is 0 Å². The molecule has 6 heteroatoms. The highest BCUT2D eigenvalue weighted by atomic mass is 35.5. The summed E-state index contributed by atoms with van der Waals surface area (Å²) < 4.78 is 5.52. The fourth-order valence-corrected chi connectivity index (χ4v) is 2.32. The van der Waals surface area contributed by atoms with E-state index < -0.39 is 0 Å².